The highest BCUT2D eigenvalue weighted by molar-refractivity contribution is 6.76. The van der Waals surface area contributed by atoms with Crippen molar-refractivity contribution >= 4 is 24.8 Å². The van der Waals surface area contributed by atoms with Gasteiger partial charge in [-0.05, 0) is 23.6 Å². The lowest BCUT2D eigenvalue weighted by atomic mass is 9.84. The number of nitrogens with zero attached hydrogens (tertiary/aromatic N) is 4. The summed E-state index contributed by atoms with van der Waals surface area (Å²) in [5.41, 5.74) is 0.525. The highest BCUT2D eigenvalue weighted by Crippen LogP contribution is 2.36. The molecule has 0 saturated heterocycles. The molecule has 9 nitrogen and oxygen atoms in total. The van der Waals surface area contributed by atoms with Crippen molar-refractivity contribution in [3.63, 3.8) is 0 Å². The molecular formula is C24H34N4O5Si. The van der Waals surface area contributed by atoms with Crippen molar-refractivity contribution in [3.05, 3.63) is 68.4 Å². The Morgan fingerprint density at radius 2 is 1.91 bits per heavy atom. The van der Waals surface area contributed by atoms with E-state index < -0.39 is 35.8 Å². The summed E-state index contributed by atoms with van der Waals surface area (Å²) < 4.78 is 9.15. The largest absolute Gasteiger partial charge is 0.388 e. The number of hydrogen-bond donors (Lipinski definition) is 1. The van der Waals surface area contributed by atoms with Crippen LogP contribution in [-0.2, 0) is 18.0 Å². The Morgan fingerprint density at radius 3 is 2.53 bits per heavy atom. The maximum Gasteiger partial charge on any atom is 0.334 e. The average Bonchev–Trinajstić information content (AvgIpc) is 3.07. The van der Waals surface area contributed by atoms with E-state index in [4.69, 9.17) is 9.72 Å². The summed E-state index contributed by atoms with van der Waals surface area (Å²) in [7, 11) is -1.27. The van der Waals surface area contributed by atoms with E-state index >= 15 is 0 Å². The Kier molecular flexibility index (Phi) is 7.44. The number of ether oxygens (including phenoxy) is 1. The Morgan fingerprint density at radius 1 is 1.21 bits per heavy atom. The molecule has 0 amide bonds. The lowest BCUT2D eigenvalue weighted by Crippen LogP contribution is -2.24. The third-order valence-corrected chi connectivity index (χ3v) is 7.43. The topological polar surface area (TPSA) is 112 Å². The van der Waals surface area contributed by atoms with Gasteiger partial charge in [-0.1, -0.05) is 52.5 Å². The quantitative estimate of drug-likeness (QED) is 0.206. The van der Waals surface area contributed by atoms with Gasteiger partial charge in [0.15, 0.2) is 0 Å². The van der Waals surface area contributed by atoms with E-state index in [9.17, 15) is 20.0 Å². The lowest BCUT2D eigenvalue weighted by Gasteiger charge is -2.26. The summed E-state index contributed by atoms with van der Waals surface area (Å²) in [6, 6.07) is 9.31. The number of imidazole rings is 1. The zero-order valence-electron chi connectivity index (χ0n) is 20.7. The van der Waals surface area contributed by atoms with E-state index in [1.807, 2.05) is 43.5 Å². The fourth-order valence-corrected chi connectivity index (χ4v) is 4.40. The third kappa shape index (κ3) is 5.80. The molecule has 2 aromatic heterocycles. The van der Waals surface area contributed by atoms with Crippen LogP contribution >= 0.6 is 0 Å². The van der Waals surface area contributed by atoms with Gasteiger partial charge in [-0.2, -0.15) is 0 Å². The van der Waals surface area contributed by atoms with Crippen LogP contribution in [-0.4, -0.2) is 38.8 Å². The minimum absolute atomic E-state index is 0.0393. The number of benzene rings is 1. The van der Waals surface area contributed by atoms with Gasteiger partial charge in [-0.15, -0.1) is 0 Å². The standard InChI is InChI=1S/C24H34N4O5Si/c1-24(2,3)22(29)17-9-7-10-18-21(17)25-20(27(18)16-33-13-14-34(4,5)6)15-26-12-8-11-19(23(26)30)28(31)32/h7-12,22,29H,13-16H2,1-6H3. The van der Waals surface area contributed by atoms with Crippen LogP contribution in [0.3, 0.4) is 0 Å². The first-order valence-corrected chi connectivity index (χ1v) is 15.1. The molecule has 1 N–H and O–H groups in total. The molecule has 184 valence electrons. The van der Waals surface area contributed by atoms with Crippen molar-refractivity contribution in [3.8, 4) is 0 Å². The monoisotopic (exact) mass is 486 g/mol. The molecule has 2 heterocycles. The van der Waals surface area contributed by atoms with Crippen LogP contribution in [0.15, 0.2) is 41.3 Å². The highest BCUT2D eigenvalue weighted by Gasteiger charge is 2.27. The Hall–Kier alpha value is -2.82. The first kappa shape index (κ1) is 25.8. The number of nitro groups is 1. The second-order valence-corrected chi connectivity index (χ2v) is 16.5. The fraction of sp³-hybridized carbons (Fsp3) is 0.500. The van der Waals surface area contributed by atoms with E-state index in [0.717, 1.165) is 11.6 Å². The van der Waals surface area contributed by atoms with Gasteiger partial charge in [0.1, 0.15) is 12.6 Å². The van der Waals surface area contributed by atoms with Crippen molar-refractivity contribution in [2.24, 2.45) is 5.41 Å². The number of pyridine rings is 1. The summed E-state index contributed by atoms with van der Waals surface area (Å²) in [4.78, 5) is 28.0. The molecule has 1 unspecified atom stereocenters. The van der Waals surface area contributed by atoms with Crippen molar-refractivity contribution in [1.29, 1.82) is 0 Å². The number of rotatable bonds is 9. The van der Waals surface area contributed by atoms with Gasteiger partial charge in [0, 0.05) is 32.5 Å². The minimum Gasteiger partial charge on any atom is -0.388 e. The summed E-state index contributed by atoms with van der Waals surface area (Å²) in [5.74, 6) is 0.527. The van der Waals surface area contributed by atoms with Gasteiger partial charge in [-0.3, -0.25) is 14.9 Å². The van der Waals surface area contributed by atoms with Crippen LogP contribution < -0.4 is 5.56 Å². The third-order valence-electron chi connectivity index (χ3n) is 5.73. The molecule has 0 aliphatic carbocycles. The zero-order chi connectivity index (χ0) is 25.3. The molecule has 34 heavy (non-hydrogen) atoms. The van der Waals surface area contributed by atoms with Gasteiger partial charge in [0.25, 0.3) is 0 Å². The van der Waals surface area contributed by atoms with E-state index in [0.29, 0.717) is 23.5 Å². The number of aliphatic hydroxyl groups is 1. The molecule has 0 radical (unpaired) electrons. The molecule has 0 spiro atoms. The van der Waals surface area contributed by atoms with E-state index in [2.05, 4.69) is 19.6 Å². The maximum atomic E-state index is 12.6. The first-order valence-electron chi connectivity index (χ1n) is 11.4. The number of aromatic nitrogens is 3. The van der Waals surface area contributed by atoms with Gasteiger partial charge in [0.05, 0.1) is 28.6 Å². The zero-order valence-corrected chi connectivity index (χ0v) is 21.7. The van der Waals surface area contributed by atoms with Crippen molar-refractivity contribution in [2.45, 2.75) is 65.8 Å². The van der Waals surface area contributed by atoms with Crippen LogP contribution in [0.5, 0.6) is 0 Å². The Balaban J connectivity index is 2.07. The molecule has 0 bridgehead atoms. The van der Waals surface area contributed by atoms with Crippen LogP contribution in [0, 0.1) is 15.5 Å². The van der Waals surface area contributed by atoms with Gasteiger partial charge >= 0.3 is 11.2 Å². The van der Waals surface area contributed by atoms with Crippen LogP contribution in [0.2, 0.25) is 25.7 Å². The highest BCUT2D eigenvalue weighted by atomic mass is 28.3. The van der Waals surface area contributed by atoms with Gasteiger partial charge in [-0.25, -0.2) is 4.98 Å². The lowest BCUT2D eigenvalue weighted by molar-refractivity contribution is -0.386. The molecule has 0 fully saturated rings. The molecule has 10 heteroatoms. The summed E-state index contributed by atoms with van der Waals surface area (Å²) in [6.07, 6.45) is 0.761. The van der Waals surface area contributed by atoms with Crippen molar-refractivity contribution in [1.82, 2.24) is 14.1 Å². The van der Waals surface area contributed by atoms with E-state index in [1.54, 1.807) is 0 Å². The molecule has 0 aliphatic rings. The SMILES string of the molecule is CC(C)(C)C(O)c1cccc2c1nc(Cn1cccc([N+](=O)[O-])c1=O)n2COCC[Si](C)(C)C. The van der Waals surface area contributed by atoms with Crippen molar-refractivity contribution in [2.75, 3.05) is 6.61 Å². The van der Waals surface area contributed by atoms with Gasteiger partial charge in [0.2, 0.25) is 0 Å². The summed E-state index contributed by atoms with van der Waals surface area (Å²) in [5, 5.41) is 22.2. The van der Waals surface area contributed by atoms with E-state index in [-0.39, 0.29) is 13.3 Å². The maximum absolute atomic E-state index is 12.6. The molecule has 0 aliphatic heterocycles. The Labute approximate surface area is 200 Å². The molecule has 0 saturated carbocycles. The van der Waals surface area contributed by atoms with Crippen molar-refractivity contribution < 1.29 is 14.8 Å². The smallest absolute Gasteiger partial charge is 0.334 e. The minimum atomic E-state index is -1.27. The Bertz CT molecular complexity index is 1240. The van der Waals surface area contributed by atoms with Gasteiger partial charge < -0.3 is 19.0 Å². The average molecular weight is 487 g/mol. The molecular weight excluding hydrogens is 452 g/mol. The predicted octanol–water partition coefficient (Wildman–Crippen LogP) is 4.55. The number of fused-ring (bicyclic) bond motifs is 1. The number of aliphatic hydroxyl groups excluding tert-OH is 1. The van der Waals surface area contributed by atoms with Crippen LogP contribution in [0.25, 0.3) is 11.0 Å². The fourth-order valence-electron chi connectivity index (χ4n) is 3.64. The molecule has 3 aromatic rings. The second kappa shape index (κ2) is 9.81. The van der Waals surface area contributed by atoms with Crippen LogP contribution in [0.4, 0.5) is 5.69 Å². The van der Waals surface area contributed by atoms with Crippen LogP contribution in [0.1, 0.15) is 38.3 Å². The van der Waals surface area contributed by atoms with E-state index in [1.165, 1.54) is 22.9 Å². The molecule has 1 atom stereocenters. The number of hydrogen-bond acceptors (Lipinski definition) is 6. The molecule has 3 rings (SSSR count). The normalized spacial score (nSPS) is 13.4. The second-order valence-electron chi connectivity index (χ2n) is 10.9. The number of para-hydroxylation sites is 1. The summed E-state index contributed by atoms with van der Waals surface area (Å²) in [6.45, 7) is 13.6. The molecule has 1 aromatic carbocycles. The first-order chi connectivity index (χ1) is 15.8. The predicted molar refractivity (Wildman–Crippen MR) is 135 cm³/mol. The summed E-state index contributed by atoms with van der Waals surface area (Å²) >= 11 is 0.